The van der Waals surface area contributed by atoms with Crippen molar-refractivity contribution < 1.29 is 9.53 Å². The molecule has 1 aliphatic heterocycles. The van der Waals surface area contributed by atoms with Crippen LogP contribution in [0.2, 0.25) is 0 Å². The Bertz CT molecular complexity index is 373. The number of nitrogens with one attached hydrogen (secondary N) is 1. The van der Waals surface area contributed by atoms with Gasteiger partial charge in [-0.1, -0.05) is 0 Å². The molecule has 0 bridgehead atoms. The van der Waals surface area contributed by atoms with Gasteiger partial charge in [0, 0.05) is 37.8 Å². The number of ether oxygens (including phenoxy) is 1. The number of hydrogen-bond donors (Lipinski definition) is 1. The predicted molar refractivity (Wildman–Crippen MR) is 84.3 cm³/mol. The summed E-state index contributed by atoms with van der Waals surface area (Å²) < 4.78 is 5.05. The first kappa shape index (κ1) is 16.7. The first-order valence-electron chi connectivity index (χ1n) is 8.16. The molecule has 0 amide bonds. The Kier molecular flexibility index (Phi) is 5.28. The quantitative estimate of drug-likeness (QED) is 0.744. The molecular weight excluding hydrogens is 266 g/mol. The highest BCUT2D eigenvalue weighted by atomic mass is 16.5. The van der Waals surface area contributed by atoms with Crippen molar-refractivity contribution in [2.24, 2.45) is 0 Å². The summed E-state index contributed by atoms with van der Waals surface area (Å²) in [5, 5.41) is 3.50. The van der Waals surface area contributed by atoms with Gasteiger partial charge in [0.25, 0.3) is 0 Å². The van der Waals surface area contributed by atoms with Crippen molar-refractivity contribution in [3.05, 3.63) is 0 Å². The standard InChI is InChI=1S/C16H31N3O2/c1-12(19-9-8-18(4)11-13(19)2)10-16(3,15(20)21-5)17-14-6-7-14/h12-14,17H,6-11H2,1-5H3. The van der Waals surface area contributed by atoms with Crippen LogP contribution in [0.25, 0.3) is 0 Å². The summed E-state index contributed by atoms with van der Waals surface area (Å²) >= 11 is 0. The maximum atomic E-state index is 12.2. The first-order chi connectivity index (χ1) is 9.85. The van der Waals surface area contributed by atoms with E-state index in [1.54, 1.807) is 0 Å². The van der Waals surface area contributed by atoms with Crippen LogP contribution in [0.15, 0.2) is 0 Å². The van der Waals surface area contributed by atoms with Crippen LogP contribution in [0.1, 0.15) is 40.0 Å². The van der Waals surface area contributed by atoms with E-state index in [4.69, 9.17) is 4.74 Å². The molecule has 0 aromatic heterocycles. The van der Waals surface area contributed by atoms with Gasteiger partial charge in [0.2, 0.25) is 0 Å². The molecule has 122 valence electrons. The first-order valence-corrected chi connectivity index (χ1v) is 8.16. The predicted octanol–water partition coefficient (Wildman–Crippen LogP) is 1.08. The van der Waals surface area contributed by atoms with Crippen molar-refractivity contribution >= 4 is 5.97 Å². The molecule has 1 saturated carbocycles. The Morgan fingerprint density at radius 3 is 2.62 bits per heavy atom. The number of carbonyl (C=O) groups is 1. The molecule has 0 spiro atoms. The van der Waals surface area contributed by atoms with Gasteiger partial charge >= 0.3 is 5.97 Å². The van der Waals surface area contributed by atoms with Crippen molar-refractivity contribution in [1.29, 1.82) is 0 Å². The van der Waals surface area contributed by atoms with Crippen LogP contribution in [-0.4, -0.2) is 73.2 Å². The highest BCUT2D eigenvalue weighted by molar-refractivity contribution is 5.80. The summed E-state index contributed by atoms with van der Waals surface area (Å²) in [4.78, 5) is 17.1. The number of carbonyl (C=O) groups excluding carboxylic acids is 1. The summed E-state index contributed by atoms with van der Waals surface area (Å²) in [6.07, 6.45) is 3.14. The summed E-state index contributed by atoms with van der Waals surface area (Å²) in [5.41, 5.74) is -0.571. The third-order valence-corrected chi connectivity index (χ3v) is 4.89. The Labute approximate surface area is 129 Å². The zero-order valence-corrected chi connectivity index (χ0v) is 14.2. The van der Waals surface area contributed by atoms with Gasteiger partial charge in [-0.3, -0.25) is 15.0 Å². The monoisotopic (exact) mass is 297 g/mol. The van der Waals surface area contributed by atoms with Gasteiger partial charge in [0.15, 0.2) is 0 Å². The van der Waals surface area contributed by atoms with Crippen molar-refractivity contribution in [3.63, 3.8) is 0 Å². The molecule has 1 N–H and O–H groups in total. The molecule has 1 aliphatic carbocycles. The number of nitrogens with zero attached hydrogens (tertiary/aromatic N) is 2. The maximum absolute atomic E-state index is 12.2. The van der Waals surface area contributed by atoms with Crippen LogP contribution < -0.4 is 5.32 Å². The highest BCUT2D eigenvalue weighted by Gasteiger charge is 2.42. The molecule has 2 rings (SSSR count). The lowest BCUT2D eigenvalue weighted by Crippen LogP contribution is -2.58. The molecule has 5 nitrogen and oxygen atoms in total. The van der Waals surface area contributed by atoms with Crippen LogP contribution in [0.4, 0.5) is 0 Å². The van der Waals surface area contributed by atoms with Crippen LogP contribution in [0, 0.1) is 0 Å². The molecule has 3 unspecified atom stereocenters. The second-order valence-electron chi connectivity index (χ2n) is 7.14. The van der Waals surface area contributed by atoms with E-state index in [0.29, 0.717) is 18.1 Å². The lowest BCUT2D eigenvalue weighted by atomic mass is 9.91. The topological polar surface area (TPSA) is 44.8 Å². The number of piperazine rings is 1. The van der Waals surface area contributed by atoms with Gasteiger partial charge in [0.1, 0.15) is 5.54 Å². The van der Waals surface area contributed by atoms with E-state index in [9.17, 15) is 4.79 Å². The number of likely N-dealkylation sites (N-methyl/N-ethyl adjacent to an activating group) is 1. The minimum atomic E-state index is -0.571. The minimum absolute atomic E-state index is 0.136. The summed E-state index contributed by atoms with van der Waals surface area (Å²) in [6.45, 7) is 9.76. The van der Waals surface area contributed by atoms with Crippen LogP contribution in [0.5, 0.6) is 0 Å². The molecule has 2 aliphatic rings. The summed E-state index contributed by atoms with van der Waals surface area (Å²) in [6, 6.07) is 1.39. The van der Waals surface area contributed by atoms with Crippen molar-refractivity contribution in [2.75, 3.05) is 33.8 Å². The van der Waals surface area contributed by atoms with E-state index in [-0.39, 0.29) is 5.97 Å². The Morgan fingerprint density at radius 1 is 1.43 bits per heavy atom. The van der Waals surface area contributed by atoms with E-state index in [0.717, 1.165) is 26.1 Å². The average molecular weight is 297 g/mol. The highest BCUT2D eigenvalue weighted by Crippen LogP contribution is 2.27. The fraction of sp³-hybridized carbons (Fsp3) is 0.938. The van der Waals surface area contributed by atoms with E-state index in [1.807, 2.05) is 6.92 Å². The Morgan fingerprint density at radius 2 is 2.10 bits per heavy atom. The smallest absolute Gasteiger partial charge is 0.325 e. The minimum Gasteiger partial charge on any atom is -0.468 e. The van der Waals surface area contributed by atoms with E-state index >= 15 is 0 Å². The average Bonchev–Trinajstić information content (AvgIpc) is 3.20. The van der Waals surface area contributed by atoms with E-state index in [2.05, 4.69) is 36.0 Å². The van der Waals surface area contributed by atoms with E-state index in [1.165, 1.54) is 20.0 Å². The second kappa shape index (κ2) is 6.63. The number of hydrogen-bond acceptors (Lipinski definition) is 5. The Hall–Kier alpha value is -0.650. The normalized spacial score (nSPS) is 28.9. The Balaban J connectivity index is 1.99. The van der Waals surface area contributed by atoms with Gasteiger partial charge in [0.05, 0.1) is 7.11 Å². The van der Waals surface area contributed by atoms with E-state index < -0.39 is 5.54 Å². The van der Waals surface area contributed by atoms with Gasteiger partial charge in [-0.15, -0.1) is 0 Å². The number of rotatable bonds is 6. The molecule has 5 heteroatoms. The third kappa shape index (κ3) is 4.18. The summed E-state index contributed by atoms with van der Waals surface area (Å²) in [7, 11) is 3.66. The molecule has 0 radical (unpaired) electrons. The van der Waals surface area contributed by atoms with Crippen molar-refractivity contribution in [2.45, 2.75) is 63.7 Å². The molecule has 2 fully saturated rings. The SMILES string of the molecule is COC(=O)C(C)(CC(C)N1CCN(C)CC1C)NC1CC1. The molecule has 0 aromatic rings. The lowest BCUT2D eigenvalue weighted by Gasteiger charge is -2.44. The zero-order valence-electron chi connectivity index (χ0n) is 14.2. The molecular formula is C16H31N3O2. The van der Waals surface area contributed by atoms with Crippen LogP contribution in [-0.2, 0) is 9.53 Å². The van der Waals surface area contributed by atoms with Gasteiger partial charge in [-0.2, -0.15) is 0 Å². The largest absolute Gasteiger partial charge is 0.468 e. The molecule has 1 saturated heterocycles. The second-order valence-corrected chi connectivity index (χ2v) is 7.14. The fourth-order valence-electron chi connectivity index (χ4n) is 3.62. The molecule has 1 heterocycles. The van der Waals surface area contributed by atoms with Crippen molar-refractivity contribution in [1.82, 2.24) is 15.1 Å². The van der Waals surface area contributed by atoms with Crippen LogP contribution in [0.3, 0.4) is 0 Å². The zero-order chi connectivity index (χ0) is 15.6. The lowest BCUT2D eigenvalue weighted by molar-refractivity contribution is -0.149. The van der Waals surface area contributed by atoms with Crippen LogP contribution >= 0.6 is 0 Å². The number of esters is 1. The number of methoxy groups -OCH3 is 1. The van der Waals surface area contributed by atoms with Crippen molar-refractivity contribution in [3.8, 4) is 0 Å². The van der Waals surface area contributed by atoms with Gasteiger partial charge < -0.3 is 9.64 Å². The molecule has 0 aromatic carbocycles. The van der Waals surface area contributed by atoms with Gasteiger partial charge in [-0.05, 0) is 47.1 Å². The summed E-state index contributed by atoms with van der Waals surface area (Å²) in [5.74, 6) is -0.136. The maximum Gasteiger partial charge on any atom is 0.325 e. The fourth-order valence-corrected chi connectivity index (χ4v) is 3.62. The third-order valence-electron chi connectivity index (χ3n) is 4.89. The molecule has 21 heavy (non-hydrogen) atoms. The molecule has 3 atom stereocenters. The van der Waals surface area contributed by atoms with Gasteiger partial charge in [-0.25, -0.2) is 0 Å².